The number of hydrogen-bond donors (Lipinski definition) is 1. The van der Waals surface area contributed by atoms with Crippen molar-refractivity contribution in [2.75, 3.05) is 6.61 Å². The third-order valence-corrected chi connectivity index (χ3v) is 4.11. The Morgan fingerprint density at radius 3 is 2.64 bits per heavy atom. The van der Waals surface area contributed by atoms with Gasteiger partial charge in [0, 0.05) is 23.1 Å². The van der Waals surface area contributed by atoms with Crippen molar-refractivity contribution in [1.29, 1.82) is 0 Å². The molecule has 0 radical (unpaired) electrons. The van der Waals surface area contributed by atoms with E-state index in [1.54, 1.807) is 0 Å². The summed E-state index contributed by atoms with van der Waals surface area (Å²) in [4.78, 5) is 12.0. The molecule has 5 heteroatoms. The van der Waals surface area contributed by atoms with E-state index >= 15 is 0 Å². The Balaban J connectivity index is 1.61. The van der Waals surface area contributed by atoms with Gasteiger partial charge in [-0.3, -0.25) is 4.79 Å². The van der Waals surface area contributed by atoms with Crippen LogP contribution in [0.3, 0.4) is 0 Å². The number of carbonyl (C=O) groups is 1. The maximum absolute atomic E-state index is 12.8. The Morgan fingerprint density at radius 1 is 1.16 bits per heavy atom. The number of rotatable bonds is 6. The quantitative estimate of drug-likeness (QED) is 0.742. The molecular weight excluding hydrogens is 319 g/mol. The van der Waals surface area contributed by atoms with Crippen LogP contribution < -0.4 is 10.1 Å². The second-order valence-electron chi connectivity index (χ2n) is 5.96. The Morgan fingerprint density at radius 2 is 1.92 bits per heavy atom. The lowest BCUT2D eigenvalue weighted by molar-refractivity contribution is -0.123. The van der Waals surface area contributed by atoms with Gasteiger partial charge in [0.2, 0.25) is 0 Å². The lowest BCUT2D eigenvalue weighted by Crippen LogP contribution is -2.29. The average Bonchev–Trinajstić information content (AvgIpc) is 2.95. The number of fused-ring (bicyclic) bond motifs is 1. The van der Waals surface area contributed by atoms with Gasteiger partial charge < -0.3 is 14.6 Å². The molecule has 0 atom stereocenters. The van der Waals surface area contributed by atoms with E-state index in [4.69, 9.17) is 4.74 Å². The van der Waals surface area contributed by atoms with Gasteiger partial charge in [-0.1, -0.05) is 11.6 Å². The zero-order valence-electron chi connectivity index (χ0n) is 14.4. The van der Waals surface area contributed by atoms with Crippen LogP contribution in [0.25, 0.3) is 10.9 Å². The van der Waals surface area contributed by atoms with E-state index in [1.807, 2.05) is 0 Å². The lowest BCUT2D eigenvalue weighted by Gasteiger charge is -2.10. The van der Waals surface area contributed by atoms with Crippen molar-refractivity contribution in [3.63, 3.8) is 0 Å². The van der Waals surface area contributed by atoms with Crippen LogP contribution in [0, 0.1) is 12.7 Å². The SMILES string of the molecule is CCn1c(CNC(=O)COc2ccc(F)cc2)cc2cc(C)ccc21. The summed E-state index contributed by atoms with van der Waals surface area (Å²) in [6.07, 6.45) is 0. The molecule has 0 aliphatic heterocycles. The number of nitrogens with one attached hydrogen (secondary N) is 1. The summed E-state index contributed by atoms with van der Waals surface area (Å²) in [6.45, 7) is 5.33. The van der Waals surface area contributed by atoms with E-state index in [0.717, 1.165) is 12.2 Å². The van der Waals surface area contributed by atoms with Crippen molar-refractivity contribution in [3.05, 3.63) is 65.6 Å². The van der Waals surface area contributed by atoms with E-state index in [0.29, 0.717) is 12.3 Å². The third kappa shape index (κ3) is 3.99. The molecule has 0 aliphatic rings. The highest BCUT2D eigenvalue weighted by Crippen LogP contribution is 2.21. The zero-order chi connectivity index (χ0) is 17.8. The first kappa shape index (κ1) is 17.0. The van der Waals surface area contributed by atoms with Crippen LogP contribution in [-0.2, 0) is 17.9 Å². The van der Waals surface area contributed by atoms with E-state index in [2.05, 4.69) is 48.0 Å². The van der Waals surface area contributed by atoms with Crippen LogP contribution >= 0.6 is 0 Å². The number of amides is 1. The molecule has 1 amide bonds. The summed E-state index contributed by atoms with van der Waals surface area (Å²) in [5, 5.41) is 4.05. The molecule has 2 aromatic carbocycles. The summed E-state index contributed by atoms with van der Waals surface area (Å²) in [5.41, 5.74) is 3.43. The highest BCUT2D eigenvalue weighted by molar-refractivity contribution is 5.82. The maximum atomic E-state index is 12.8. The number of hydrogen-bond acceptors (Lipinski definition) is 2. The largest absolute Gasteiger partial charge is 0.484 e. The molecule has 0 fully saturated rings. The third-order valence-electron chi connectivity index (χ3n) is 4.11. The van der Waals surface area contributed by atoms with Crippen molar-refractivity contribution < 1.29 is 13.9 Å². The van der Waals surface area contributed by atoms with Crippen molar-refractivity contribution in [2.45, 2.75) is 26.9 Å². The number of ether oxygens (including phenoxy) is 1. The van der Waals surface area contributed by atoms with Crippen LogP contribution in [0.15, 0.2) is 48.5 Å². The Labute approximate surface area is 146 Å². The number of aromatic nitrogens is 1. The fourth-order valence-corrected chi connectivity index (χ4v) is 2.89. The van der Waals surface area contributed by atoms with Crippen LogP contribution in [0.1, 0.15) is 18.2 Å². The summed E-state index contributed by atoms with van der Waals surface area (Å²) in [5.74, 6) is -0.0810. The van der Waals surface area contributed by atoms with Gasteiger partial charge >= 0.3 is 0 Å². The summed E-state index contributed by atoms with van der Waals surface area (Å²) in [7, 11) is 0. The predicted octanol–water partition coefficient (Wildman–Crippen LogP) is 3.80. The topological polar surface area (TPSA) is 43.3 Å². The monoisotopic (exact) mass is 340 g/mol. The summed E-state index contributed by atoms with van der Waals surface area (Å²) in [6, 6.07) is 14.0. The molecule has 4 nitrogen and oxygen atoms in total. The van der Waals surface area contributed by atoms with E-state index in [-0.39, 0.29) is 18.3 Å². The summed E-state index contributed by atoms with van der Waals surface area (Å²) >= 11 is 0. The van der Waals surface area contributed by atoms with Crippen LogP contribution in [0.5, 0.6) is 5.75 Å². The molecule has 0 unspecified atom stereocenters. The molecule has 0 saturated heterocycles. The second-order valence-corrected chi connectivity index (χ2v) is 5.96. The first-order valence-corrected chi connectivity index (χ1v) is 8.30. The first-order chi connectivity index (χ1) is 12.1. The van der Waals surface area contributed by atoms with Crippen molar-refractivity contribution in [2.24, 2.45) is 0 Å². The van der Waals surface area contributed by atoms with E-state index < -0.39 is 0 Å². The minimum atomic E-state index is -0.334. The molecule has 3 aromatic rings. The van der Waals surface area contributed by atoms with Gasteiger partial charge in [-0.15, -0.1) is 0 Å². The van der Waals surface area contributed by atoms with Crippen molar-refractivity contribution >= 4 is 16.8 Å². The molecule has 1 heterocycles. The second kappa shape index (κ2) is 7.38. The Hall–Kier alpha value is -2.82. The first-order valence-electron chi connectivity index (χ1n) is 8.30. The predicted molar refractivity (Wildman–Crippen MR) is 96.1 cm³/mol. The van der Waals surface area contributed by atoms with E-state index in [1.165, 1.54) is 40.7 Å². The Kier molecular flexibility index (Phi) is 5.03. The molecule has 0 bridgehead atoms. The number of benzene rings is 2. The average molecular weight is 340 g/mol. The molecule has 130 valence electrons. The number of halogens is 1. The van der Waals surface area contributed by atoms with Crippen LogP contribution in [0.4, 0.5) is 4.39 Å². The van der Waals surface area contributed by atoms with Gasteiger partial charge in [0.25, 0.3) is 5.91 Å². The molecule has 1 aromatic heterocycles. The van der Waals surface area contributed by atoms with Gasteiger partial charge in [0.15, 0.2) is 6.61 Å². The van der Waals surface area contributed by atoms with Crippen LogP contribution in [-0.4, -0.2) is 17.1 Å². The van der Waals surface area contributed by atoms with Crippen molar-refractivity contribution in [3.8, 4) is 5.75 Å². The van der Waals surface area contributed by atoms with E-state index in [9.17, 15) is 9.18 Å². The molecule has 0 saturated carbocycles. The molecule has 1 N–H and O–H groups in total. The number of carbonyl (C=O) groups excluding carboxylic acids is 1. The maximum Gasteiger partial charge on any atom is 0.258 e. The minimum absolute atomic E-state index is 0.100. The number of nitrogens with zero attached hydrogens (tertiary/aromatic N) is 1. The normalized spacial score (nSPS) is 10.8. The minimum Gasteiger partial charge on any atom is -0.484 e. The van der Waals surface area contributed by atoms with Gasteiger partial charge in [0.1, 0.15) is 11.6 Å². The molecule has 0 spiro atoms. The number of aryl methyl sites for hydroxylation is 2. The molecular formula is C20H21FN2O2. The highest BCUT2D eigenvalue weighted by atomic mass is 19.1. The fourth-order valence-electron chi connectivity index (χ4n) is 2.89. The molecule has 3 rings (SSSR count). The highest BCUT2D eigenvalue weighted by Gasteiger charge is 2.09. The lowest BCUT2D eigenvalue weighted by atomic mass is 10.2. The standard InChI is InChI=1S/C20H21FN2O2/c1-3-23-17(11-15-10-14(2)4-9-19(15)23)12-22-20(24)13-25-18-7-5-16(21)6-8-18/h4-11H,3,12-13H2,1-2H3,(H,22,24). The fraction of sp³-hybridized carbons (Fsp3) is 0.250. The van der Waals surface area contributed by atoms with Gasteiger partial charge in [-0.2, -0.15) is 0 Å². The zero-order valence-corrected chi connectivity index (χ0v) is 14.4. The molecule has 0 aliphatic carbocycles. The van der Waals surface area contributed by atoms with Crippen molar-refractivity contribution in [1.82, 2.24) is 9.88 Å². The van der Waals surface area contributed by atoms with Gasteiger partial charge in [-0.25, -0.2) is 4.39 Å². The van der Waals surface area contributed by atoms with Crippen LogP contribution in [0.2, 0.25) is 0 Å². The molecule has 25 heavy (non-hydrogen) atoms. The summed E-state index contributed by atoms with van der Waals surface area (Å²) < 4.78 is 20.4. The van der Waals surface area contributed by atoms with Gasteiger partial charge in [0.05, 0.1) is 6.54 Å². The Bertz CT molecular complexity index is 885. The smallest absolute Gasteiger partial charge is 0.258 e. The van der Waals surface area contributed by atoms with Gasteiger partial charge in [-0.05, 0) is 56.3 Å².